The Labute approximate surface area is 194 Å². The number of aromatic nitrogens is 1. The van der Waals surface area contributed by atoms with Crippen LogP contribution >= 0.6 is 0 Å². The van der Waals surface area contributed by atoms with Crippen molar-refractivity contribution in [2.24, 2.45) is 0 Å². The molecule has 9 heteroatoms. The lowest BCUT2D eigenvalue weighted by molar-refractivity contribution is 0.0697. The zero-order chi connectivity index (χ0) is 24.5. The highest BCUT2D eigenvalue weighted by Crippen LogP contribution is 2.28. The van der Waals surface area contributed by atoms with E-state index in [1.807, 2.05) is 25.7 Å². The topological polar surface area (TPSA) is 113 Å². The molecule has 0 unspecified atom stereocenters. The lowest BCUT2D eigenvalue weighted by atomic mass is 10.1. The molecular formula is C24H29N3O5S. The van der Waals surface area contributed by atoms with Gasteiger partial charge in [-0.15, -0.1) is 0 Å². The van der Waals surface area contributed by atoms with Gasteiger partial charge in [0.05, 0.1) is 21.8 Å². The average Bonchev–Trinajstić information content (AvgIpc) is 3.02. The molecule has 0 fully saturated rings. The molecule has 1 heterocycles. The summed E-state index contributed by atoms with van der Waals surface area (Å²) in [5.41, 5.74) is 4.73. The predicted molar refractivity (Wildman–Crippen MR) is 128 cm³/mol. The minimum absolute atomic E-state index is 0.00816. The van der Waals surface area contributed by atoms with Gasteiger partial charge in [-0.3, -0.25) is 4.72 Å². The zero-order valence-corrected chi connectivity index (χ0v) is 20.5. The largest absolute Gasteiger partial charge is 0.478 e. The molecule has 1 aromatic heterocycles. The molecule has 176 valence electrons. The van der Waals surface area contributed by atoms with Gasteiger partial charge in [0.2, 0.25) is 0 Å². The maximum atomic E-state index is 13.1. The van der Waals surface area contributed by atoms with Crippen LogP contribution < -0.4 is 9.62 Å². The van der Waals surface area contributed by atoms with Crippen LogP contribution in [-0.4, -0.2) is 38.2 Å². The summed E-state index contributed by atoms with van der Waals surface area (Å²) < 4.78 is 33.9. The molecule has 0 saturated heterocycles. The fraction of sp³-hybridized carbons (Fsp3) is 0.333. The number of carboxylic acids is 1. The van der Waals surface area contributed by atoms with Gasteiger partial charge in [0.15, 0.2) is 0 Å². The first-order valence-corrected chi connectivity index (χ1v) is 12.0. The number of hydrogen-bond donors (Lipinski definition) is 2. The second kappa shape index (κ2) is 9.27. The molecule has 2 aromatic carbocycles. The van der Waals surface area contributed by atoms with Crippen LogP contribution in [-0.2, 0) is 16.4 Å². The number of carboxylic acid groups (broad SMARTS) is 1. The molecule has 0 bridgehead atoms. The molecule has 0 spiro atoms. The predicted octanol–water partition coefficient (Wildman–Crippen LogP) is 4.39. The first-order valence-electron chi connectivity index (χ1n) is 10.5. The third-order valence-corrected chi connectivity index (χ3v) is 7.33. The maximum Gasteiger partial charge on any atom is 0.337 e. The molecule has 0 aliphatic heterocycles. The van der Waals surface area contributed by atoms with Crippen molar-refractivity contribution in [1.82, 2.24) is 5.16 Å². The molecule has 3 rings (SSSR count). The van der Waals surface area contributed by atoms with E-state index in [0.29, 0.717) is 29.8 Å². The number of rotatable bonds is 8. The molecule has 0 radical (unpaired) electrons. The van der Waals surface area contributed by atoms with E-state index < -0.39 is 16.0 Å². The summed E-state index contributed by atoms with van der Waals surface area (Å²) in [6.45, 7) is 9.64. The molecule has 0 aliphatic carbocycles. The third-order valence-electron chi connectivity index (χ3n) is 5.64. The quantitative estimate of drug-likeness (QED) is 0.501. The smallest absolute Gasteiger partial charge is 0.337 e. The van der Waals surface area contributed by atoms with E-state index in [4.69, 9.17) is 4.52 Å². The van der Waals surface area contributed by atoms with Gasteiger partial charge in [0, 0.05) is 24.8 Å². The van der Waals surface area contributed by atoms with E-state index in [9.17, 15) is 18.3 Å². The summed E-state index contributed by atoms with van der Waals surface area (Å²) in [6.07, 6.45) is 0.636. The van der Waals surface area contributed by atoms with Gasteiger partial charge >= 0.3 is 5.97 Å². The van der Waals surface area contributed by atoms with Crippen LogP contribution in [0.5, 0.6) is 0 Å². The van der Waals surface area contributed by atoms with Crippen molar-refractivity contribution in [3.05, 3.63) is 69.6 Å². The molecule has 2 N–H and O–H groups in total. The molecule has 0 saturated carbocycles. The summed E-state index contributed by atoms with van der Waals surface area (Å²) >= 11 is 0. The Hall–Kier alpha value is -3.33. The Kier molecular flexibility index (Phi) is 6.83. The second-order valence-corrected chi connectivity index (χ2v) is 9.96. The van der Waals surface area contributed by atoms with Crippen LogP contribution in [0.4, 0.5) is 11.4 Å². The lowest BCUT2D eigenvalue weighted by Crippen LogP contribution is -2.23. The van der Waals surface area contributed by atoms with Crippen LogP contribution in [0.3, 0.4) is 0 Å². The number of sulfonamides is 1. The minimum atomic E-state index is -3.89. The van der Waals surface area contributed by atoms with E-state index in [-0.39, 0.29) is 16.1 Å². The Balaban J connectivity index is 1.87. The number of nitrogens with one attached hydrogen (secondary N) is 1. The van der Waals surface area contributed by atoms with Crippen LogP contribution in [0.15, 0.2) is 39.8 Å². The molecule has 0 atom stereocenters. The average molecular weight is 472 g/mol. The van der Waals surface area contributed by atoms with E-state index >= 15 is 0 Å². The minimum Gasteiger partial charge on any atom is -0.478 e. The van der Waals surface area contributed by atoms with Crippen LogP contribution in [0, 0.1) is 34.6 Å². The van der Waals surface area contributed by atoms with Gasteiger partial charge in [-0.05, 0) is 70.4 Å². The van der Waals surface area contributed by atoms with Crippen molar-refractivity contribution in [3.63, 3.8) is 0 Å². The number of aromatic carboxylic acids is 1. The fourth-order valence-corrected chi connectivity index (χ4v) is 5.66. The monoisotopic (exact) mass is 471 g/mol. The molecule has 8 nitrogen and oxygen atoms in total. The van der Waals surface area contributed by atoms with Crippen molar-refractivity contribution in [2.45, 2.75) is 45.9 Å². The normalized spacial score (nSPS) is 11.5. The molecule has 3 aromatic rings. The van der Waals surface area contributed by atoms with E-state index in [1.54, 1.807) is 45.2 Å². The standard InChI is InChI=1S/C24H29N3O5S/c1-14-11-15(2)23(16(3)12-14)33(30,31)26-19-7-8-22(21(13-19)24(28)29)27(6)10-9-20-17(4)25-32-18(20)5/h7-8,11-13,26H,9-10H2,1-6H3,(H,28,29). The van der Waals surface area contributed by atoms with Crippen LogP contribution in [0.25, 0.3) is 0 Å². The number of nitrogens with zero attached hydrogens (tertiary/aromatic N) is 2. The van der Waals surface area contributed by atoms with Crippen molar-refractivity contribution in [3.8, 4) is 0 Å². The Morgan fingerprint density at radius 1 is 1.09 bits per heavy atom. The van der Waals surface area contributed by atoms with E-state index in [2.05, 4.69) is 9.88 Å². The Morgan fingerprint density at radius 3 is 2.27 bits per heavy atom. The van der Waals surface area contributed by atoms with Crippen molar-refractivity contribution in [1.29, 1.82) is 0 Å². The first-order chi connectivity index (χ1) is 15.4. The molecule has 0 amide bonds. The van der Waals surface area contributed by atoms with Gasteiger partial charge < -0.3 is 14.5 Å². The summed E-state index contributed by atoms with van der Waals surface area (Å²) in [5.74, 6) is -0.399. The number of likely N-dealkylation sites (N-methyl/N-ethyl adjacent to an activating group) is 1. The summed E-state index contributed by atoms with van der Waals surface area (Å²) in [6, 6.07) is 8.15. The number of hydrogen-bond acceptors (Lipinski definition) is 6. The SMILES string of the molecule is Cc1cc(C)c(S(=O)(=O)Nc2ccc(N(C)CCc3c(C)noc3C)c(C(=O)O)c2)c(C)c1. The highest BCUT2D eigenvalue weighted by molar-refractivity contribution is 7.92. The molecule has 0 aliphatic rings. The lowest BCUT2D eigenvalue weighted by Gasteiger charge is -2.22. The van der Waals surface area contributed by atoms with Gasteiger partial charge in [0.1, 0.15) is 5.76 Å². The van der Waals surface area contributed by atoms with E-state index in [1.165, 1.54) is 6.07 Å². The molecular weight excluding hydrogens is 442 g/mol. The number of benzene rings is 2. The first kappa shape index (κ1) is 24.3. The number of anilines is 2. The Morgan fingerprint density at radius 2 is 1.73 bits per heavy atom. The van der Waals surface area contributed by atoms with Crippen LogP contribution in [0.2, 0.25) is 0 Å². The molecule has 33 heavy (non-hydrogen) atoms. The van der Waals surface area contributed by atoms with Gasteiger partial charge in [0.25, 0.3) is 10.0 Å². The van der Waals surface area contributed by atoms with Crippen molar-refractivity contribution in [2.75, 3.05) is 23.2 Å². The summed E-state index contributed by atoms with van der Waals surface area (Å²) in [7, 11) is -2.10. The summed E-state index contributed by atoms with van der Waals surface area (Å²) in [5, 5.41) is 13.7. The highest BCUT2D eigenvalue weighted by Gasteiger charge is 2.22. The van der Waals surface area contributed by atoms with Gasteiger partial charge in [-0.25, -0.2) is 13.2 Å². The van der Waals surface area contributed by atoms with Crippen LogP contribution in [0.1, 0.15) is 44.1 Å². The fourth-order valence-electron chi connectivity index (χ4n) is 4.16. The highest BCUT2D eigenvalue weighted by atomic mass is 32.2. The van der Waals surface area contributed by atoms with Crippen molar-refractivity contribution < 1.29 is 22.8 Å². The maximum absolute atomic E-state index is 13.1. The third kappa shape index (κ3) is 5.19. The Bertz CT molecular complexity index is 1270. The van der Waals surface area contributed by atoms with Crippen molar-refractivity contribution >= 4 is 27.4 Å². The van der Waals surface area contributed by atoms with Gasteiger partial charge in [-0.1, -0.05) is 22.9 Å². The number of carbonyl (C=O) groups is 1. The zero-order valence-electron chi connectivity index (χ0n) is 19.7. The summed E-state index contributed by atoms with van der Waals surface area (Å²) in [4.78, 5) is 14.0. The van der Waals surface area contributed by atoms with Gasteiger partial charge in [-0.2, -0.15) is 0 Å². The van der Waals surface area contributed by atoms with E-state index in [0.717, 1.165) is 22.6 Å². The second-order valence-electron chi connectivity index (χ2n) is 8.34. The number of aryl methyl sites for hydroxylation is 5.